The number of esters is 1. The van der Waals surface area contributed by atoms with Gasteiger partial charge >= 0.3 is 5.97 Å². The maximum Gasteiger partial charge on any atom is 0.308 e. The van der Waals surface area contributed by atoms with Crippen molar-refractivity contribution in [2.45, 2.75) is 57.2 Å². The molecule has 0 aromatic heterocycles. The Kier molecular flexibility index (Phi) is 3.76. The zero-order valence-electron chi connectivity index (χ0n) is 14.2. The molecule has 5 atom stereocenters. The lowest BCUT2D eigenvalue weighted by Crippen LogP contribution is -2.42. The number of benzene rings is 1. The highest BCUT2D eigenvalue weighted by Gasteiger charge is 2.57. The largest absolute Gasteiger partial charge is 0.427 e. The maximum atomic E-state index is 12.5. The van der Waals surface area contributed by atoms with Gasteiger partial charge in [0.1, 0.15) is 5.75 Å². The van der Waals surface area contributed by atoms with Crippen molar-refractivity contribution in [2.75, 3.05) is 0 Å². The standard InChI is InChI=1S/C20H23ClO3/c1-11(22)24-13-4-6-14-12(9-13)3-5-16-15(14)7-8-20(2)17(16)10-18(21)19(20)23/h4,6,9,15-18H,3,5,7-8,10H2,1-2H3/t15-,16-,17+,18-,20+/m1/s1. The van der Waals surface area contributed by atoms with Crippen LogP contribution >= 0.6 is 11.6 Å². The lowest BCUT2D eigenvalue weighted by Gasteiger charge is -2.48. The van der Waals surface area contributed by atoms with E-state index < -0.39 is 0 Å². The summed E-state index contributed by atoms with van der Waals surface area (Å²) in [4.78, 5) is 23.7. The van der Waals surface area contributed by atoms with Gasteiger partial charge in [-0.15, -0.1) is 11.6 Å². The molecule has 0 unspecified atom stereocenters. The van der Waals surface area contributed by atoms with E-state index in [1.165, 1.54) is 18.1 Å². The minimum atomic E-state index is -0.300. The second kappa shape index (κ2) is 5.59. The third kappa shape index (κ3) is 2.32. The van der Waals surface area contributed by atoms with Gasteiger partial charge in [-0.05, 0) is 73.1 Å². The van der Waals surface area contributed by atoms with Gasteiger partial charge in [0.2, 0.25) is 0 Å². The van der Waals surface area contributed by atoms with Crippen molar-refractivity contribution in [3.05, 3.63) is 29.3 Å². The SMILES string of the molecule is CC(=O)Oc1ccc2c(c1)CC[C@@H]1[C@@H]2CC[C@]2(C)C(=O)[C@H](Cl)C[C@@H]12. The highest BCUT2D eigenvalue weighted by atomic mass is 35.5. The molecule has 0 radical (unpaired) electrons. The quantitative estimate of drug-likeness (QED) is 0.433. The molecule has 128 valence electrons. The molecule has 1 aromatic rings. The Morgan fingerprint density at radius 2 is 2.12 bits per heavy atom. The number of carbonyl (C=O) groups excluding carboxylic acids is 2. The van der Waals surface area contributed by atoms with Crippen molar-refractivity contribution >= 4 is 23.4 Å². The molecule has 0 bridgehead atoms. The van der Waals surface area contributed by atoms with Crippen LogP contribution in [-0.2, 0) is 16.0 Å². The van der Waals surface area contributed by atoms with Gasteiger partial charge in [0, 0.05) is 12.3 Å². The first-order valence-electron chi connectivity index (χ1n) is 8.90. The van der Waals surface area contributed by atoms with E-state index in [9.17, 15) is 9.59 Å². The fourth-order valence-corrected chi connectivity index (χ4v) is 5.98. The molecule has 0 aliphatic heterocycles. The fraction of sp³-hybridized carbons (Fsp3) is 0.600. The number of hydrogen-bond acceptors (Lipinski definition) is 3. The Morgan fingerprint density at radius 3 is 2.88 bits per heavy atom. The Balaban J connectivity index is 1.65. The van der Waals surface area contributed by atoms with Crippen molar-refractivity contribution in [1.82, 2.24) is 0 Å². The number of halogens is 1. The molecule has 0 N–H and O–H groups in total. The summed E-state index contributed by atoms with van der Waals surface area (Å²) in [6, 6.07) is 6.05. The predicted octanol–water partition coefficient (Wildman–Crippen LogP) is 4.25. The summed E-state index contributed by atoms with van der Waals surface area (Å²) in [7, 11) is 0. The van der Waals surface area contributed by atoms with E-state index in [-0.39, 0.29) is 22.5 Å². The monoisotopic (exact) mass is 346 g/mol. The summed E-state index contributed by atoms with van der Waals surface area (Å²) in [5.74, 6) is 2.08. The number of aryl methyl sites for hydroxylation is 1. The average molecular weight is 347 g/mol. The van der Waals surface area contributed by atoms with E-state index in [0.29, 0.717) is 23.5 Å². The van der Waals surface area contributed by atoms with E-state index in [0.717, 1.165) is 32.1 Å². The fourth-order valence-electron chi connectivity index (χ4n) is 5.54. The molecule has 3 nitrogen and oxygen atoms in total. The van der Waals surface area contributed by atoms with Crippen LogP contribution in [0.15, 0.2) is 18.2 Å². The van der Waals surface area contributed by atoms with Crippen molar-refractivity contribution in [1.29, 1.82) is 0 Å². The summed E-state index contributed by atoms with van der Waals surface area (Å²) in [6.45, 7) is 3.56. The first-order valence-corrected chi connectivity index (χ1v) is 9.33. The van der Waals surface area contributed by atoms with Crippen LogP contribution in [0, 0.1) is 17.3 Å². The molecule has 3 aliphatic carbocycles. The Hall–Kier alpha value is -1.35. The summed E-state index contributed by atoms with van der Waals surface area (Å²) >= 11 is 6.33. The van der Waals surface area contributed by atoms with Crippen molar-refractivity contribution in [3.8, 4) is 5.75 Å². The molecule has 0 amide bonds. The first kappa shape index (κ1) is 16.1. The predicted molar refractivity (Wildman–Crippen MR) is 92.4 cm³/mol. The maximum absolute atomic E-state index is 12.5. The number of ether oxygens (including phenoxy) is 1. The van der Waals surface area contributed by atoms with Gasteiger partial charge < -0.3 is 4.74 Å². The summed E-state index contributed by atoms with van der Waals surface area (Å²) in [5.41, 5.74) is 2.46. The topological polar surface area (TPSA) is 43.4 Å². The smallest absolute Gasteiger partial charge is 0.308 e. The molecule has 4 rings (SSSR count). The van der Waals surface area contributed by atoms with Crippen LogP contribution in [0.25, 0.3) is 0 Å². The van der Waals surface area contributed by atoms with Crippen LogP contribution in [0.2, 0.25) is 0 Å². The third-order valence-corrected chi connectivity index (χ3v) is 7.03. The summed E-state index contributed by atoms with van der Waals surface area (Å²) in [5, 5.41) is -0.300. The normalized spacial score (nSPS) is 37.4. The van der Waals surface area contributed by atoms with Gasteiger partial charge in [-0.3, -0.25) is 9.59 Å². The summed E-state index contributed by atoms with van der Waals surface area (Å²) < 4.78 is 5.23. The highest BCUT2D eigenvalue weighted by molar-refractivity contribution is 6.32. The van der Waals surface area contributed by atoms with Gasteiger partial charge in [-0.1, -0.05) is 13.0 Å². The molecule has 0 saturated heterocycles. The van der Waals surface area contributed by atoms with Gasteiger partial charge in [0.25, 0.3) is 0 Å². The molecule has 0 heterocycles. The number of Topliss-reactive ketones (excluding diaryl/α,β-unsaturated/α-hetero) is 1. The van der Waals surface area contributed by atoms with E-state index in [1.807, 2.05) is 12.1 Å². The van der Waals surface area contributed by atoms with Crippen LogP contribution in [0.5, 0.6) is 5.75 Å². The van der Waals surface area contributed by atoms with E-state index >= 15 is 0 Å². The lowest BCUT2D eigenvalue weighted by molar-refractivity contribution is -0.132. The lowest BCUT2D eigenvalue weighted by atomic mass is 9.55. The average Bonchev–Trinajstić information content (AvgIpc) is 2.77. The Morgan fingerprint density at radius 1 is 1.33 bits per heavy atom. The molecule has 24 heavy (non-hydrogen) atoms. The van der Waals surface area contributed by atoms with Gasteiger partial charge in [-0.2, -0.15) is 0 Å². The summed E-state index contributed by atoms with van der Waals surface area (Å²) in [6.07, 6.45) is 4.90. The molecule has 1 aromatic carbocycles. The van der Waals surface area contributed by atoms with Gasteiger partial charge in [0.15, 0.2) is 5.78 Å². The molecular weight excluding hydrogens is 324 g/mol. The van der Waals surface area contributed by atoms with E-state index in [1.54, 1.807) is 0 Å². The number of carbonyl (C=O) groups is 2. The molecule has 2 saturated carbocycles. The van der Waals surface area contributed by atoms with Crippen LogP contribution < -0.4 is 4.74 Å². The number of rotatable bonds is 1. The van der Waals surface area contributed by atoms with Gasteiger partial charge in [0.05, 0.1) is 5.38 Å². The van der Waals surface area contributed by atoms with Crippen LogP contribution in [0.1, 0.15) is 56.6 Å². The highest BCUT2D eigenvalue weighted by Crippen LogP contribution is 2.60. The van der Waals surface area contributed by atoms with Crippen LogP contribution in [-0.4, -0.2) is 17.1 Å². The Bertz CT molecular complexity index is 713. The van der Waals surface area contributed by atoms with E-state index in [4.69, 9.17) is 16.3 Å². The van der Waals surface area contributed by atoms with E-state index in [2.05, 4.69) is 13.0 Å². The molecule has 4 heteroatoms. The third-order valence-electron chi connectivity index (χ3n) is 6.66. The van der Waals surface area contributed by atoms with Crippen molar-refractivity contribution in [2.24, 2.45) is 17.3 Å². The van der Waals surface area contributed by atoms with Crippen LogP contribution in [0.3, 0.4) is 0 Å². The zero-order valence-corrected chi connectivity index (χ0v) is 14.9. The van der Waals surface area contributed by atoms with Crippen LogP contribution in [0.4, 0.5) is 0 Å². The molecule has 2 fully saturated rings. The Labute approximate surface area is 147 Å². The first-order chi connectivity index (χ1) is 11.4. The molecular formula is C20H23ClO3. The number of ketones is 1. The number of alkyl halides is 1. The van der Waals surface area contributed by atoms with Crippen molar-refractivity contribution < 1.29 is 14.3 Å². The zero-order chi connectivity index (χ0) is 17.1. The second-order valence-electron chi connectivity index (χ2n) is 7.89. The second-order valence-corrected chi connectivity index (χ2v) is 8.42. The molecule has 3 aliphatic rings. The van der Waals surface area contributed by atoms with Crippen molar-refractivity contribution in [3.63, 3.8) is 0 Å². The molecule has 0 spiro atoms. The number of fused-ring (bicyclic) bond motifs is 5. The minimum Gasteiger partial charge on any atom is -0.427 e. The number of hydrogen-bond donors (Lipinski definition) is 0. The van der Waals surface area contributed by atoms with Gasteiger partial charge in [-0.25, -0.2) is 0 Å². The minimum absolute atomic E-state index is 0.219.